The van der Waals surface area contributed by atoms with Crippen LogP contribution in [-0.2, 0) is 13.0 Å². The second kappa shape index (κ2) is 10.9. The van der Waals surface area contributed by atoms with Crippen molar-refractivity contribution in [1.82, 2.24) is 9.97 Å². The molecule has 8 heteroatoms. The lowest BCUT2D eigenvalue weighted by atomic mass is 9.83. The van der Waals surface area contributed by atoms with Crippen molar-refractivity contribution in [3.63, 3.8) is 0 Å². The lowest BCUT2D eigenvalue weighted by molar-refractivity contribution is -0.0498. The standard InChI is InChI=1S/C25H27ClF2N4O/c26-22-15-30-19(12-16-4-8-18(29)9-5-16)13-21(22)23-2-1-3-24(32-23)31-14-17-6-10-20(11-7-17)33-25(27)28/h1-3,6-7,10-11,13,15-16,18,25H,4-5,8-9,12,14,29H2,(H,31,32). The number of nitrogens with one attached hydrogen (secondary N) is 1. The number of pyridine rings is 2. The Morgan fingerprint density at radius 3 is 2.58 bits per heavy atom. The van der Waals surface area contributed by atoms with E-state index >= 15 is 0 Å². The van der Waals surface area contributed by atoms with E-state index in [2.05, 4.69) is 15.0 Å². The van der Waals surface area contributed by atoms with Crippen molar-refractivity contribution < 1.29 is 13.5 Å². The predicted molar refractivity (Wildman–Crippen MR) is 127 cm³/mol. The molecule has 3 aromatic rings. The van der Waals surface area contributed by atoms with Crippen molar-refractivity contribution in [2.45, 2.75) is 51.3 Å². The van der Waals surface area contributed by atoms with Crippen LogP contribution >= 0.6 is 11.6 Å². The van der Waals surface area contributed by atoms with Crippen LogP contribution in [0.5, 0.6) is 5.75 Å². The molecule has 3 N–H and O–H groups in total. The summed E-state index contributed by atoms with van der Waals surface area (Å²) in [6.07, 6.45) is 7.03. The van der Waals surface area contributed by atoms with E-state index in [1.807, 2.05) is 24.3 Å². The smallest absolute Gasteiger partial charge is 0.387 e. The zero-order valence-electron chi connectivity index (χ0n) is 18.2. The molecule has 1 saturated carbocycles. The van der Waals surface area contributed by atoms with Crippen molar-refractivity contribution in [3.05, 3.63) is 71.0 Å². The number of hydrogen-bond donors (Lipinski definition) is 2. The normalized spacial score (nSPS) is 18.3. The van der Waals surface area contributed by atoms with E-state index < -0.39 is 6.61 Å². The van der Waals surface area contributed by atoms with Gasteiger partial charge in [-0.3, -0.25) is 4.98 Å². The molecule has 4 rings (SSSR count). The Morgan fingerprint density at radius 1 is 1.09 bits per heavy atom. The van der Waals surface area contributed by atoms with Crippen molar-refractivity contribution in [1.29, 1.82) is 0 Å². The molecular formula is C25H27ClF2N4O. The minimum Gasteiger partial charge on any atom is -0.435 e. The van der Waals surface area contributed by atoms with Gasteiger partial charge in [-0.15, -0.1) is 0 Å². The fourth-order valence-electron chi connectivity index (χ4n) is 4.14. The number of halogens is 3. The molecule has 1 aliphatic rings. The molecule has 2 heterocycles. The molecule has 2 aromatic heterocycles. The Bertz CT molecular complexity index is 1060. The summed E-state index contributed by atoms with van der Waals surface area (Å²) in [6, 6.07) is 14.6. The summed E-state index contributed by atoms with van der Waals surface area (Å²) in [7, 11) is 0. The zero-order chi connectivity index (χ0) is 23.2. The van der Waals surface area contributed by atoms with E-state index in [0.717, 1.165) is 54.6 Å². The topological polar surface area (TPSA) is 73.1 Å². The van der Waals surface area contributed by atoms with Gasteiger partial charge in [-0.05, 0) is 73.9 Å². The number of nitrogens with two attached hydrogens (primary N) is 1. The Balaban J connectivity index is 1.42. The van der Waals surface area contributed by atoms with Crippen LogP contribution in [0, 0.1) is 5.92 Å². The molecular weight excluding hydrogens is 446 g/mol. The monoisotopic (exact) mass is 472 g/mol. The maximum atomic E-state index is 12.3. The van der Waals surface area contributed by atoms with E-state index in [9.17, 15) is 8.78 Å². The lowest BCUT2D eigenvalue weighted by Gasteiger charge is -2.25. The summed E-state index contributed by atoms with van der Waals surface area (Å²) in [6.45, 7) is -2.34. The number of alkyl halides is 2. The first-order valence-electron chi connectivity index (χ1n) is 11.1. The molecule has 0 spiro atoms. The lowest BCUT2D eigenvalue weighted by Crippen LogP contribution is -2.27. The van der Waals surface area contributed by atoms with Crippen molar-refractivity contribution >= 4 is 17.4 Å². The Kier molecular flexibility index (Phi) is 7.73. The van der Waals surface area contributed by atoms with Gasteiger partial charge in [0.25, 0.3) is 0 Å². The Hall–Kier alpha value is -2.77. The third kappa shape index (κ3) is 6.62. The van der Waals surface area contributed by atoms with Gasteiger partial charge in [0.1, 0.15) is 11.6 Å². The second-order valence-electron chi connectivity index (χ2n) is 8.42. The molecule has 5 nitrogen and oxygen atoms in total. The maximum absolute atomic E-state index is 12.3. The fourth-order valence-corrected chi connectivity index (χ4v) is 4.34. The summed E-state index contributed by atoms with van der Waals surface area (Å²) in [5.74, 6) is 1.42. The van der Waals surface area contributed by atoms with E-state index in [1.165, 1.54) is 12.1 Å². The highest BCUT2D eigenvalue weighted by Crippen LogP contribution is 2.30. The van der Waals surface area contributed by atoms with Gasteiger partial charge in [-0.2, -0.15) is 8.78 Å². The summed E-state index contributed by atoms with van der Waals surface area (Å²) in [4.78, 5) is 9.25. The van der Waals surface area contributed by atoms with Gasteiger partial charge in [0.2, 0.25) is 0 Å². The highest BCUT2D eigenvalue weighted by atomic mass is 35.5. The summed E-state index contributed by atoms with van der Waals surface area (Å²) >= 11 is 6.46. The van der Waals surface area contributed by atoms with Gasteiger partial charge in [0, 0.05) is 30.0 Å². The first kappa shape index (κ1) is 23.4. The Morgan fingerprint density at radius 2 is 1.85 bits per heavy atom. The molecule has 0 bridgehead atoms. The van der Waals surface area contributed by atoms with Crippen LogP contribution < -0.4 is 15.8 Å². The highest BCUT2D eigenvalue weighted by molar-refractivity contribution is 6.33. The molecule has 33 heavy (non-hydrogen) atoms. The summed E-state index contributed by atoms with van der Waals surface area (Å²) in [5, 5.41) is 3.82. The molecule has 1 aromatic carbocycles. The molecule has 0 saturated heterocycles. The number of nitrogens with zero attached hydrogens (tertiary/aromatic N) is 2. The molecule has 0 unspecified atom stereocenters. The number of benzene rings is 1. The van der Waals surface area contributed by atoms with Crippen LogP contribution in [0.1, 0.15) is 36.9 Å². The molecule has 0 aliphatic heterocycles. The average Bonchev–Trinajstić information content (AvgIpc) is 2.81. The maximum Gasteiger partial charge on any atom is 0.387 e. The first-order chi connectivity index (χ1) is 16.0. The van der Waals surface area contributed by atoms with Crippen LogP contribution in [0.4, 0.5) is 14.6 Å². The van der Waals surface area contributed by atoms with Crippen LogP contribution in [0.15, 0.2) is 54.7 Å². The average molecular weight is 473 g/mol. The number of ether oxygens (including phenoxy) is 1. The van der Waals surface area contributed by atoms with Crippen LogP contribution in [-0.4, -0.2) is 22.6 Å². The summed E-state index contributed by atoms with van der Waals surface area (Å²) in [5.41, 5.74) is 9.58. The number of anilines is 1. The molecule has 0 amide bonds. The molecule has 0 radical (unpaired) electrons. The molecule has 1 fully saturated rings. The van der Waals surface area contributed by atoms with E-state index in [-0.39, 0.29) is 5.75 Å². The van der Waals surface area contributed by atoms with Crippen LogP contribution in [0.3, 0.4) is 0 Å². The van der Waals surface area contributed by atoms with E-state index in [1.54, 1.807) is 18.3 Å². The minimum atomic E-state index is -2.83. The van der Waals surface area contributed by atoms with Crippen molar-refractivity contribution in [2.75, 3.05) is 5.32 Å². The van der Waals surface area contributed by atoms with Gasteiger partial charge < -0.3 is 15.8 Å². The third-order valence-electron chi connectivity index (χ3n) is 5.95. The molecule has 174 valence electrons. The van der Waals surface area contributed by atoms with Crippen molar-refractivity contribution in [3.8, 4) is 17.0 Å². The first-order valence-corrected chi connectivity index (χ1v) is 11.5. The third-order valence-corrected chi connectivity index (χ3v) is 6.25. The van der Waals surface area contributed by atoms with Gasteiger partial charge in [-0.25, -0.2) is 4.98 Å². The molecule has 0 atom stereocenters. The van der Waals surface area contributed by atoms with E-state index in [4.69, 9.17) is 22.3 Å². The SMILES string of the molecule is NC1CCC(Cc2cc(-c3cccc(NCc4ccc(OC(F)F)cc4)n3)c(Cl)cn2)CC1. The largest absolute Gasteiger partial charge is 0.435 e. The van der Waals surface area contributed by atoms with Gasteiger partial charge in [0.15, 0.2) is 0 Å². The van der Waals surface area contributed by atoms with E-state index in [0.29, 0.717) is 29.3 Å². The fraction of sp³-hybridized carbons (Fsp3) is 0.360. The quantitative estimate of drug-likeness (QED) is 0.416. The molecule has 1 aliphatic carbocycles. The van der Waals surface area contributed by atoms with Gasteiger partial charge in [-0.1, -0.05) is 29.8 Å². The van der Waals surface area contributed by atoms with Crippen LogP contribution in [0.25, 0.3) is 11.3 Å². The van der Waals surface area contributed by atoms with Crippen LogP contribution in [0.2, 0.25) is 5.02 Å². The zero-order valence-corrected chi connectivity index (χ0v) is 18.9. The number of rotatable bonds is 8. The highest BCUT2D eigenvalue weighted by Gasteiger charge is 2.20. The minimum absolute atomic E-state index is 0.132. The number of aromatic nitrogens is 2. The second-order valence-corrected chi connectivity index (χ2v) is 8.83. The van der Waals surface area contributed by atoms with Gasteiger partial charge >= 0.3 is 6.61 Å². The van der Waals surface area contributed by atoms with Crippen molar-refractivity contribution in [2.24, 2.45) is 11.7 Å². The van der Waals surface area contributed by atoms with Gasteiger partial charge in [0.05, 0.1) is 10.7 Å². The number of hydrogen-bond acceptors (Lipinski definition) is 5. The summed E-state index contributed by atoms with van der Waals surface area (Å²) < 4.78 is 29.0. The Labute approximate surface area is 197 Å². The predicted octanol–water partition coefficient (Wildman–Crippen LogP) is 6.07.